The lowest BCUT2D eigenvalue weighted by molar-refractivity contribution is 0.0466. The highest BCUT2D eigenvalue weighted by Gasteiger charge is 2.19. The molecule has 1 N–H and O–H groups in total. The number of rotatable bonds is 12. The van der Waals surface area contributed by atoms with E-state index < -0.39 is 0 Å². The minimum atomic E-state index is 0.747. The zero-order chi connectivity index (χ0) is 11.5. The Balaban J connectivity index is 1.61. The van der Waals surface area contributed by atoms with Gasteiger partial charge in [-0.15, -0.1) is 0 Å². The Bertz CT molecular complexity index is 149. The summed E-state index contributed by atoms with van der Waals surface area (Å²) in [6.07, 6.45) is 7.61. The molecule has 0 aromatic heterocycles. The molecule has 0 spiro atoms. The average Bonchev–Trinajstić information content (AvgIpc) is 3.10. The Kier molecular flexibility index (Phi) is 8.77. The number of nitrogens with one attached hydrogen (secondary N) is 1. The number of ether oxygens (including phenoxy) is 2. The molecule has 0 unspecified atom stereocenters. The molecule has 0 saturated heterocycles. The van der Waals surface area contributed by atoms with Gasteiger partial charge in [0, 0.05) is 19.3 Å². The van der Waals surface area contributed by atoms with Crippen molar-refractivity contribution in [2.24, 2.45) is 0 Å². The first-order chi connectivity index (χ1) is 7.93. The monoisotopic (exact) mass is 229 g/mol. The minimum Gasteiger partial charge on any atom is -0.379 e. The van der Waals surface area contributed by atoms with Gasteiger partial charge in [-0.05, 0) is 45.1 Å². The molecule has 96 valence electrons. The van der Waals surface area contributed by atoms with Crippen LogP contribution < -0.4 is 5.32 Å². The highest BCUT2D eigenvalue weighted by molar-refractivity contribution is 4.80. The molecule has 1 saturated carbocycles. The summed E-state index contributed by atoms with van der Waals surface area (Å²) in [5.74, 6) is 0. The van der Waals surface area contributed by atoms with Crippen LogP contribution in [0.5, 0.6) is 0 Å². The van der Waals surface area contributed by atoms with E-state index in [2.05, 4.69) is 12.2 Å². The van der Waals surface area contributed by atoms with Gasteiger partial charge in [-0.25, -0.2) is 0 Å². The van der Waals surface area contributed by atoms with Crippen LogP contribution in [0.25, 0.3) is 0 Å². The predicted octanol–water partition coefficient (Wildman–Crippen LogP) is 2.35. The summed E-state index contributed by atoms with van der Waals surface area (Å²) in [7, 11) is 0. The molecule has 0 aromatic carbocycles. The lowest BCUT2D eigenvalue weighted by Crippen LogP contribution is -2.17. The van der Waals surface area contributed by atoms with Gasteiger partial charge in [0.25, 0.3) is 0 Å². The van der Waals surface area contributed by atoms with Gasteiger partial charge in [-0.2, -0.15) is 0 Å². The van der Waals surface area contributed by atoms with Crippen LogP contribution in [0, 0.1) is 0 Å². The molecule has 1 aliphatic rings. The molecule has 1 fully saturated rings. The van der Waals surface area contributed by atoms with E-state index in [1.54, 1.807) is 0 Å². The fourth-order valence-electron chi connectivity index (χ4n) is 1.57. The molecular formula is C13H27NO2. The molecule has 0 heterocycles. The number of hydrogen-bond donors (Lipinski definition) is 1. The zero-order valence-corrected chi connectivity index (χ0v) is 10.7. The van der Waals surface area contributed by atoms with Crippen LogP contribution in [0.15, 0.2) is 0 Å². The van der Waals surface area contributed by atoms with Crippen LogP contribution in [-0.2, 0) is 9.47 Å². The third-order valence-corrected chi connectivity index (χ3v) is 2.70. The molecular weight excluding hydrogens is 202 g/mol. The van der Waals surface area contributed by atoms with Gasteiger partial charge in [-0.1, -0.05) is 6.92 Å². The van der Waals surface area contributed by atoms with Crippen molar-refractivity contribution >= 4 is 0 Å². The van der Waals surface area contributed by atoms with Gasteiger partial charge in [-0.3, -0.25) is 0 Å². The number of hydrogen-bond acceptors (Lipinski definition) is 3. The molecule has 0 bridgehead atoms. The average molecular weight is 229 g/mol. The standard InChI is InChI=1S/C13H27NO2/c1-2-9-15-11-12-16-10-5-3-4-8-14-13-6-7-13/h13-14H,2-12H2,1H3. The van der Waals surface area contributed by atoms with Crippen LogP contribution >= 0.6 is 0 Å². The molecule has 1 aliphatic carbocycles. The fraction of sp³-hybridized carbons (Fsp3) is 1.00. The molecule has 0 atom stereocenters. The number of unbranched alkanes of at least 4 members (excludes halogenated alkanes) is 2. The quantitative estimate of drug-likeness (QED) is 0.521. The van der Waals surface area contributed by atoms with Gasteiger partial charge in [0.2, 0.25) is 0 Å². The van der Waals surface area contributed by atoms with Crippen molar-refractivity contribution < 1.29 is 9.47 Å². The second-order valence-electron chi connectivity index (χ2n) is 4.51. The van der Waals surface area contributed by atoms with E-state index in [1.165, 1.54) is 38.6 Å². The maximum absolute atomic E-state index is 5.47. The van der Waals surface area contributed by atoms with Crippen molar-refractivity contribution in [1.29, 1.82) is 0 Å². The zero-order valence-electron chi connectivity index (χ0n) is 10.7. The summed E-state index contributed by atoms with van der Waals surface area (Å²) < 4.78 is 10.8. The van der Waals surface area contributed by atoms with E-state index in [-0.39, 0.29) is 0 Å². The minimum absolute atomic E-state index is 0.747. The van der Waals surface area contributed by atoms with Crippen molar-refractivity contribution in [3.63, 3.8) is 0 Å². The lowest BCUT2D eigenvalue weighted by Gasteiger charge is -2.05. The molecule has 0 radical (unpaired) electrons. The van der Waals surface area contributed by atoms with Crippen molar-refractivity contribution in [3.05, 3.63) is 0 Å². The summed E-state index contributed by atoms with van der Waals surface area (Å²) in [5, 5.41) is 3.52. The molecule has 3 heteroatoms. The first-order valence-corrected chi connectivity index (χ1v) is 6.82. The fourth-order valence-corrected chi connectivity index (χ4v) is 1.57. The molecule has 3 nitrogen and oxygen atoms in total. The van der Waals surface area contributed by atoms with Crippen LogP contribution in [0.2, 0.25) is 0 Å². The Morgan fingerprint density at radius 2 is 1.69 bits per heavy atom. The van der Waals surface area contributed by atoms with Gasteiger partial charge in [0.1, 0.15) is 0 Å². The molecule has 0 aromatic rings. The molecule has 16 heavy (non-hydrogen) atoms. The predicted molar refractivity (Wildman–Crippen MR) is 66.8 cm³/mol. The second-order valence-corrected chi connectivity index (χ2v) is 4.51. The summed E-state index contributed by atoms with van der Waals surface area (Å²) in [5.41, 5.74) is 0. The van der Waals surface area contributed by atoms with Crippen molar-refractivity contribution in [2.75, 3.05) is 33.0 Å². The molecule has 0 aliphatic heterocycles. The highest BCUT2D eigenvalue weighted by atomic mass is 16.5. The third-order valence-electron chi connectivity index (χ3n) is 2.70. The van der Waals surface area contributed by atoms with E-state index in [1.807, 2.05) is 0 Å². The summed E-state index contributed by atoms with van der Waals surface area (Å²) in [6.45, 7) is 6.55. The van der Waals surface area contributed by atoms with Gasteiger partial charge in [0.15, 0.2) is 0 Å². The SMILES string of the molecule is CCCOCCOCCCCCNC1CC1. The van der Waals surface area contributed by atoms with Crippen LogP contribution in [0.4, 0.5) is 0 Å². The van der Waals surface area contributed by atoms with Crippen molar-refractivity contribution in [3.8, 4) is 0 Å². The summed E-state index contributed by atoms with van der Waals surface area (Å²) in [6, 6.07) is 0.854. The second kappa shape index (κ2) is 10.1. The Morgan fingerprint density at radius 3 is 2.38 bits per heavy atom. The molecule has 1 rings (SSSR count). The lowest BCUT2D eigenvalue weighted by atomic mass is 10.2. The largest absolute Gasteiger partial charge is 0.379 e. The van der Waals surface area contributed by atoms with Crippen LogP contribution in [-0.4, -0.2) is 39.0 Å². The van der Waals surface area contributed by atoms with Gasteiger partial charge >= 0.3 is 0 Å². The highest BCUT2D eigenvalue weighted by Crippen LogP contribution is 2.18. The summed E-state index contributed by atoms with van der Waals surface area (Å²) in [4.78, 5) is 0. The summed E-state index contributed by atoms with van der Waals surface area (Å²) >= 11 is 0. The van der Waals surface area contributed by atoms with Gasteiger partial charge < -0.3 is 14.8 Å². The van der Waals surface area contributed by atoms with E-state index >= 15 is 0 Å². The Labute approximate surface area is 99.9 Å². The first kappa shape index (κ1) is 13.9. The van der Waals surface area contributed by atoms with Crippen molar-refractivity contribution in [2.45, 2.75) is 51.5 Å². The Morgan fingerprint density at radius 1 is 0.938 bits per heavy atom. The van der Waals surface area contributed by atoms with Gasteiger partial charge in [0.05, 0.1) is 13.2 Å². The Hall–Kier alpha value is -0.120. The van der Waals surface area contributed by atoms with E-state index in [0.29, 0.717) is 0 Å². The first-order valence-electron chi connectivity index (χ1n) is 6.82. The maximum Gasteiger partial charge on any atom is 0.0700 e. The smallest absolute Gasteiger partial charge is 0.0700 e. The van der Waals surface area contributed by atoms with Crippen LogP contribution in [0.1, 0.15) is 45.4 Å². The van der Waals surface area contributed by atoms with Crippen molar-refractivity contribution in [1.82, 2.24) is 5.32 Å². The molecule has 0 amide bonds. The van der Waals surface area contributed by atoms with E-state index in [9.17, 15) is 0 Å². The normalized spacial score (nSPS) is 15.6. The van der Waals surface area contributed by atoms with E-state index in [0.717, 1.165) is 38.9 Å². The third kappa shape index (κ3) is 9.13. The van der Waals surface area contributed by atoms with E-state index in [4.69, 9.17) is 9.47 Å². The van der Waals surface area contributed by atoms with Crippen LogP contribution in [0.3, 0.4) is 0 Å². The topological polar surface area (TPSA) is 30.5 Å². The maximum atomic E-state index is 5.47.